The lowest BCUT2D eigenvalue weighted by Gasteiger charge is -2.31. The van der Waals surface area contributed by atoms with Gasteiger partial charge in [-0.1, -0.05) is 45.2 Å². The van der Waals surface area contributed by atoms with Gasteiger partial charge in [-0.15, -0.1) is 0 Å². The van der Waals surface area contributed by atoms with Gasteiger partial charge in [0, 0.05) is 24.9 Å². The van der Waals surface area contributed by atoms with Gasteiger partial charge < -0.3 is 15.6 Å². The molecule has 0 aromatic carbocycles. The number of hydrogen-bond donors (Lipinski definition) is 2. The van der Waals surface area contributed by atoms with E-state index in [9.17, 15) is 9.59 Å². The Balaban J connectivity index is 0.000000413. The number of hydrogen-bond acceptors (Lipinski definition) is 4. The predicted octanol–water partition coefficient (Wildman–Crippen LogP) is 3.21. The first-order valence-electron chi connectivity index (χ1n) is 9.06. The molecule has 2 atom stereocenters. The molecule has 2 unspecified atom stereocenters. The number of aryl methyl sites for hydroxylation is 1. The van der Waals surface area contributed by atoms with Gasteiger partial charge in [0.15, 0.2) is 5.69 Å². The summed E-state index contributed by atoms with van der Waals surface area (Å²) in [5.74, 6) is 1.07. The van der Waals surface area contributed by atoms with Gasteiger partial charge in [0.05, 0.1) is 0 Å². The maximum Gasteiger partial charge on any atom is 0.273 e. The van der Waals surface area contributed by atoms with Crippen molar-refractivity contribution in [3.63, 3.8) is 0 Å². The van der Waals surface area contributed by atoms with Crippen molar-refractivity contribution in [2.75, 3.05) is 0 Å². The normalized spacial score (nSPS) is 20.0. The van der Waals surface area contributed by atoms with Crippen molar-refractivity contribution in [3.8, 4) is 0 Å². The molecule has 6 heteroatoms. The van der Waals surface area contributed by atoms with Gasteiger partial charge in [-0.3, -0.25) is 9.59 Å². The first kappa shape index (κ1) is 20.2. The van der Waals surface area contributed by atoms with Crippen molar-refractivity contribution < 1.29 is 14.1 Å². The summed E-state index contributed by atoms with van der Waals surface area (Å²) in [5.41, 5.74) is 5.17. The SMILES string of the molecule is CCCC(N)=O.CCc1cc(C(=O)NC2CCCCC2CC)no1. The summed E-state index contributed by atoms with van der Waals surface area (Å²) in [6, 6.07) is 2.04. The molecule has 1 aromatic rings. The third-order valence-electron chi connectivity index (χ3n) is 4.39. The van der Waals surface area contributed by atoms with Crippen LogP contribution < -0.4 is 11.1 Å². The third kappa shape index (κ3) is 6.72. The minimum Gasteiger partial charge on any atom is -0.370 e. The second kappa shape index (κ2) is 10.8. The van der Waals surface area contributed by atoms with Crippen molar-refractivity contribution in [2.45, 2.75) is 78.2 Å². The minimum absolute atomic E-state index is 0.0937. The van der Waals surface area contributed by atoms with E-state index in [1.807, 2.05) is 13.8 Å². The fraction of sp³-hybridized carbons (Fsp3) is 0.722. The van der Waals surface area contributed by atoms with E-state index in [0.717, 1.165) is 31.4 Å². The number of nitrogens with one attached hydrogen (secondary N) is 1. The van der Waals surface area contributed by atoms with E-state index in [1.165, 1.54) is 19.3 Å². The molecule has 1 aliphatic carbocycles. The predicted molar refractivity (Wildman–Crippen MR) is 93.5 cm³/mol. The molecule has 1 fully saturated rings. The molecule has 3 N–H and O–H groups in total. The number of nitrogens with two attached hydrogens (primary N) is 1. The molecule has 1 aromatic heterocycles. The Bertz CT molecular complexity index is 513. The van der Waals surface area contributed by atoms with E-state index in [2.05, 4.69) is 17.4 Å². The van der Waals surface area contributed by atoms with E-state index in [1.54, 1.807) is 6.07 Å². The largest absolute Gasteiger partial charge is 0.370 e. The molecule has 1 heterocycles. The van der Waals surface area contributed by atoms with Crippen LogP contribution in [0.5, 0.6) is 0 Å². The highest BCUT2D eigenvalue weighted by molar-refractivity contribution is 5.92. The molecular formula is C18H31N3O3. The lowest BCUT2D eigenvalue weighted by Crippen LogP contribution is -2.42. The van der Waals surface area contributed by atoms with Crippen LogP contribution in [0, 0.1) is 5.92 Å². The second-order valence-corrected chi connectivity index (χ2v) is 6.28. The Morgan fingerprint density at radius 1 is 1.29 bits per heavy atom. The second-order valence-electron chi connectivity index (χ2n) is 6.28. The molecule has 0 radical (unpaired) electrons. The molecular weight excluding hydrogens is 306 g/mol. The molecule has 2 amide bonds. The van der Waals surface area contributed by atoms with Crippen LogP contribution in [0.15, 0.2) is 10.6 Å². The highest BCUT2D eigenvalue weighted by Crippen LogP contribution is 2.27. The molecule has 136 valence electrons. The lowest BCUT2D eigenvalue weighted by molar-refractivity contribution is -0.118. The van der Waals surface area contributed by atoms with Crippen molar-refractivity contribution in [1.82, 2.24) is 10.5 Å². The molecule has 0 aliphatic heterocycles. The number of primary amides is 1. The first-order valence-corrected chi connectivity index (χ1v) is 9.06. The van der Waals surface area contributed by atoms with E-state index < -0.39 is 0 Å². The Morgan fingerprint density at radius 3 is 2.50 bits per heavy atom. The standard InChI is InChI=1S/C14H22N2O2.C4H9NO/c1-3-10-7-5-6-8-12(10)15-14(17)13-9-11(4-2)18-16-13;1-2-3-4(5)6/h9-10,12H,3-8H2,1-2H3,(H,15,17);2-3H2,1H3,(H2,5,6). The number of amides is 2. The molecule has 1 saturated carbocycles. The van der Waals surface area contributed by atoms with Gasteiger partial charge in [0.25, 0.3) is 5.91 Å². The Morgan fingerprint density at radius 2 is 2.00 bits per heavy atom. The van der Waals surface area contributed by atoms with Crippen LogP contribution in [-0.2, 0) is 11.2 Å². The monoisotopic (exact) mass is 337 g/mol. The Hall–Kier alpha value is -1.85. The van der Waals surface area contributed by atoms with Crippen LogP contribution in [0.2, 0.25) is 0 Å². The molecule has 24 heavy (non-hydrogen) atoms. The van der Waals surface area contributed by atoms with Gasteiger partial charge in [0.1, 0.15) is 5.76 Å². The highest BCUT2D eigenvalue weighted by atomic mass is 16.5. The van der Waals surface area contributed by atoms with Gasteiger partial charge in [-0.05, 0) is 25.2 Å². The zero-order valence-corrected chi connectivity index (χ0v) is 15.1. The summed E-state index contributed by atoms with van der Waals surface area (Å²) in [4.78, 5) is 21.9. The van der Waals surface area contributed by atoms with E-state index in [-0.39, 0.29) is 11.8 Å². The van der Waals surface area contributed by atoms with Gasteiger partial charge >= 0.3 is 0 Å². The Labute approximate surface area is 144 Å². The van der Waals surface area contributed by atoms with Crippen LogP contribution in [0.25, 0.3) is 0 Å². The van der Waals surface area contributed by atoms with E-state index >= 15 is 0 Å². The Kier molecular flexibility index (Phi) is 9.12. The average Bonchev–Trinajstić information content (AvgIpc) is 3.05. The summed E-state index contributed by atoms with van der Waals surface area (Å²) in [7, 11) is 0. The number of nitrogens with zero attached hydrogens (tertiary/aromatic N) is 1. The number of carbonyl (C=O) groups is 2. The van der Waals surface area contributed by atoms with Crippen molar-refractivity contribution in [3.05, 3.63) is 17.5 Å². The molecule has 2 rings (SSSR count). The minimum atomic E-state index is -0.211. The van der Waals surface area contributed by atoms with Crippen molar-refractivity contribution in [2.24, 2.45) is 11.7 Å². The molecule has 0 bridgehead atoms. The zero-order valence-electron chi connectivity index (χ0n) is 15.1. The van der Waals surface area contributed by atoms with E-state index in [4.69, 9.17) is 10.3 Å². The summed E-state index contributed by atoms with van der Waals surface area (Å²) in [6.45, 7) is 6.10. The first-order chi connectivity index (χ1) is 11.5. The number of aromatic nitrogens is 1. The smallest absolute Gasteiger partial charge is 0.273 e. The fourth-order valence-electron chi connectivity index (χ4n) is 2.96. The van der Waals surface area contributed by atoms with Crippen LogP contribution in [0.3, 0.4) is 0 Å². The number of rotatable bonds is 6. The quantitative estimate of drug-likeness (QED) is 0.832. The van der Waals surface area contributed by atoms with Crippen LogP contribution in [0.1, 0.15) is 82.0 Å². The molecule has 0 saturated heterocycles. The van der Waals surface area contributed by atoms with Crippen LogP contribution >= 0.6 is 0 Å². The molecule has 0 spiro atoms. The maximum absolute atomic E-state index is 12.1. The van der Waals surface area contributed by atoms with Crippen molar-refractivity contribution in [1.29, 1.82) is 0 Å². The van der Waals surface area contributed by atoms with Crippen LogP contribution in [-0.4, -0.2) is 23.0 Å². The highest BCUT2D eigenvalue weighted by Gasteiger charge is 2.26. The molecule has 1 aliphatic rings. The van der Waals surface area contributed by atoms with Gasteiger partial charge in [-0.25, -0.2) is 0 Å². The lowest BCUT2D eigenvalue weighted by atomic mass is 9.83. The summed E-state index contributed by atoms with van der Waals surface area (Å²) in [5, 5.41) is 6.93. The third-order valence-corrected chi connectivity index (χ3v) is 4.39. The fourth-order valence-corrected chi connectivity index (χ4v) is 2.96. The maximum atomic E-state index is 12.1. The van der Waals surface area contributed by atoms with E-state index in [0.29, 0.717) is 24.1 Å². The average molecular weight is 337 g/mol. The summed E-state index contributed by atoms with van der Waals surface area (Å²) in [6.07, 6.45) is 8.07. The van der Waals surface area contributed by atoms with Crippen molar-refractivity contribution >= 4 is 11.8 Å². The molecule has 6 nitrogen and oxygen atoms in total. The van der Waals surface area contributed by atoms with Crippen LogP contribution in [0.4, 0.5) is 0 Å². The van der Waals surface area contributed by atoms with Gasteiger partial charge in [-0.2, -0.15) is 0 Å². The zero-order chi connectivity index (χ0) is 17.9. The number of carbonyl (C=O) groups excluding carboxylic acids is 2. The summed E-state index contributed by atoms with van der Waals surface area (Å²) >= 11 is 0. The van der Waals surface area contributed by atoms with Gasteiger partial charge in [0.2, 0.25) is 5.91 Å². The topological polar surface area (TPSA) is 98.2 Å². The summed E-state index contributed by atoms with van der Waals surface area (Å²) < 4.78 is 5.07.